The van der Waals surface area contributed by atoms with Gasteiger partial charge in [0, 0.05) is 24.3 Å². The van der Waals surface area contributed by atoms with Crippen LogP contribution in [0, 0.1) is 17.8 Å². The number of hydrogen-bond acceptors (Lipinski definition) is 4. The molecule has 33 heavy (non-hydrogen) atoms. The van der Waals surface area contributed by atoms with Crippen LogP contribution in [0.3, 0.4) is 0 Å². The summed E-state index contributed by atoms with van der Waals surface area (Å²) in [6.07, 6.45) is 2.23. The molecule has 3 N–H and O–H groups in total. The van der Waals surface area contributed by atoms with E-state index < -0.39 is 12.1 Å². The first-order valence-electron chi connectivity index (χ1n) is 11.1. The first-order valence-corrected chi connectivity index (χ1v) is 11.1. The fourth-order valence-corrected chi connectivity index (χ4v) is 4.80. The van der Waals surface area contributed by atoms with Gasteiger partial charge in [-0.25, -0.2) is 9.59 Å². The maximum absolute atomic E-state index is 12.5. The number of carboxylic acids is 1. The molecule has 0 spiro atoms. The van der Waals surface area contributed by atoms with E-state index >= 15 is 0 Å². The average molecular weight is 447 g/mol. The van der Waals surface area contributed by atoms with Gasteiger partial charge in [-0.1, -0.05) is 54.5 Å². The monoisotopic (exact) mass is 446 g/mol. The largest absolute Gasteiger partial charge is 0.472 e. The molecule has 170 valence electrons. The lowest BCUT2D eigenvalue weighted by Crippen LogP contribution is -2.34. The number of fused-ring (bicyclic) bond motifs is 3. The topological polar surface area (TPSA) is 105 Å². The molecule has 0 bridgehead atoms. The van der Waals surface area contributed by atoms with Crippen LogP contribution in [0.5, 0.6) is 0 Å². The maximum Gasteiger partial charge on any atom is 0.407 e. The summed E-state index contributed by atoms with van der Waals surface area (Å²) in [5.74, 6) is 3.13. The molecular weight excluding hydrogens is 420 g/mol. The SMILES string of the molecule is O=C(O)C#CCNC(=O)C[C@H]1CC[C@@H](NC(=O)OCC2c3ccccc3-c3ccccc32)C1. The highest BCUT2D eigenvalue weighted by Crippen LogP contribution is 2.44. The Balaban J connectivity index is 1.23. The predicted molar refractivity (Wildman–Crippen MR) is 122 cm³/mol. The Hall–Kier alpha value is -3.79. The van der Waals surface area contributed by atoms with Crippen molar-refractivity contribution in [1.82, 2.24) is 10.6 Å². The molecule has 0 aromatic heterocycles. The summed E-state index contributed by atoms with van der Waals surface area (Å²) in [5, 5.41) is 14.0. The van der Waals surface area contributed by atoms with Gasteiger partial charge in [0.15, 0.2) is 0 Å². The Morgan fingerprint density at radius 2 is 1.67 bits per heavy atom. The minimum Gasteiger partial charge on any atom is -0.472 e. The van der Waals surface area contributed by atoms with Gasteiger partial charge in [-0.2, -0.15) is 0 Å². The standard InChI is InChI=1S/C26H26N2O5/c29-24(27-13-5-10-25(30)31)15-17-11-12-18(14-17)28-26(32)33-16-23-21-8-3-1-6-19(21)20-7-2-4-9-22(20)23/h1-4,6-9,17-18,23H,11-16H2,(H,27,29)(H,28,32)(H,30,31)/t17-,18+/m0/s1. The minimum absolute atomic E-state index is 0.0132. The van der Waals surface area contributed by atoms with Crippen molar-refractivity contribution in [3.8, 4) is 23.0 Å². The minimum atomic E-state index is -1.22. The number of ether oxygens (including phenoxy) is 1. The third-order valence-electron chi connectivity index (χ3n) is 6.25. The highest BCUT2D eigenvalue weighted by Gasteiger charge is 2.31. The molecule has 2 aliphatic rings. The third-order valence-corrected chi connectivity index (χ3v) is 6.25. The number of aliphatic carboxylic acids is 1. The summed E-state index contributed by atoms with van der Waals surface area (Å²) >= 11 is 0. The summed E-state index contributed by atoms with van der Waals surface area (Å²) in [6, 6.07) is 16.4. The fraction of sp³-hybridized carbons (Fsp3) is 0.346. The molecule has 4 rings (SSSR count). The van der Waals surface area contributed by atoms with Crippen LogP contribution in [-0.4, -0.2) is 42.3 Å². The van der Waals surface area contributed by atoms with Crippen molar-refractivity contribution in [1.29, 1.82) is 0 Å². The summed E-state index contributed by atoms with van der Waals surface area (Å²) in [4.78, 5) is 34.8. The van der Waals surface area contributed by atoms with Crippen molar-refractivity contribution in [3.63, 3.8) is 0 Å². The van der Waals surface area contributed by atoms with E-state index in [0.717, 1.165) is 12.8 Å². The van der Waals surface area contributed by atoms with Crippen molar-refractivity contribution in [2.75, 3.05) is 13.2 Å². The predicted octanol–water partition coefficient (Wildman–Crippen LogP) is 3.29. The Morgan fingerprint density at radius 3 is 2.33 bits per heavy atom. The summed E-state index contributed by atoms with van der Waals surface area (Å²) in [5.41, 5.74) is 4.72. The molecule has 0 saturated heterocycles. The maximum atomic E-state index is 12.5. The van der Waals surface area contributed by atoms with E-state index in [1.165, 1.54) is 22.3 Å². The molecule has 7 heteroatoms. The van der Waals surface area contributed by atoms with E-state index in [2.05, 4.69) is 40.8 Å². The number of amides is 2. The lowest BCUT2D eigenvalue weighted by molar-refractivity contribution is -0.130. The molecule has 1 saturated carbocycles. The van der Waals surface area contributed by atoms with E-state index in [-0.39, 0.29) is 36.9 Å². The molecule has 7 nitrogen and oxygen atoms in total. The molecule has 0 heterocycles. The van der Waals surface area contributed by atoms with Crippen molar-refractivity contribution < 1.29 is 24.2 Å². The third kappa shape index (κ3) is 5.53. The quantitative estimate of drug-likeness (QED) is 0.591. The first-order chi connectivity index (χ1) is 16.0. The highest BCUT2D eigenvalue weighted by atomic mass is 16.5. The number of nitrogens with one attached hydrogen (secondary N) is 2. The van der Waals surface area contributed by atoms with Gasteiger partial charge in [0.1, 0.15) is 6.61 Å². The number of rotatable bonds is 6. The second-order valence-electron chi connectivity index (χ2n) is 8.43. The lowest BCUT2D eigenvalue weighted by atomic mass is 9.98. The second kappa shape index (κ2) is 10.2. The molecule has 2 amide bonds. The van der Waals surface area contributed by atoms with Crippen LogP contribution in [0.1, 0.15) is 42.7 Å². The van der Waals surface area contributed by atoms with Crippen molar-refractivity contribution in [2.45, 2.75) is 37.6 Å². The Kier molecular flexibility index (Phi) is 6.94. The lowest BCUT2D eigenvalue weighted by Gasteiger charge is -2.17. The van der Waals surface area contributed by atoms with Gasteiger partial charge in [-0.3, -0.25) is 4.79 Å². The fourth-order valence-electron chi connectivity index (χ4n) is 4.80. The molecule has 2 atom stereocenters. The van der Waals surface area contributed by atoms with E-state index in [0.29, 0.717) is 12.8 Å². The molecule has 2 aliphatic carbocycles. The van der Waals surface area contributed by atoms with E-state index in [9.17, 15) is 14.4 Å². The van der Waals surface area contributed by atoms with Gasteiger partial charge in [0.05, 0.1) is 6.54 Å². The van der Waals surface area contributed by atoms with Gasteiger partial charge in [-0.05, 0) is 47.4 Å². The zero-order valence-electron chi connectivity index (χ0n) is 18.2. The van der Waals surface area contributed by atoms with Crippen molar-refractivity contribution in [2.24, 2.45) is 5.92 Å². The highest BCUT2D eigenvalue weighted by molar-refractivity contribution is 5.86. The smallest absolute Gasteiger partial charge is 0.407 e. The van der Waals surface area contributed by atoms with Crippen LogP contribution in [0.15, 0.2) is 48.5 Å². The molecule has 2 aromatic carbocycles. The van der Waals surface area contributed by atoms with E-state index in [1.54, 1.807) is 0 Å². The van der Waals surface area contributed by atoms with Crippen LogP contribution >= 0.6 is 0 Å². The van der Waals surface area contributed by atoms with E-state index in [1.807, 2.05) is 30.2 Å². The molecule has 0 radical (unpaired) electrons. The van der Waals surface area contributed by atoms with Crippen LogP contribution in [-0.2, 0) is 14.3 Å². The molecular formula is C26H26N2O5. The molecule has 1 fully saturated rings. The van der Waals surface area contributed by atoms with Gasteiger partial charge < -0.3 is 20.5 Å². The van der Waals surface area contributed by atoms with E-state index in [4.69, 9.17) is 9.84 Å². The van der Waals surface area contributed by atoms with Crippen molar-refractivity contribution in [3.05, 3.63) is 59.7 Å². The summed E-state index contributed by atoms with van der Waals surface area (Å²) in [6.45, 7) is 0.287. The first kappa shape index (κ1) is 22.4. The van der Waals surface area contributed by atoms with Gasteiger partial charge in [0.25, 0.3) is 0 Å². The second-order valence-corrected chi connectivity index (χ2v) is 8.43. The molecule has 2 aromatic rings. The summed E-state index contributed by atoms with van der Waals surface area (Å²) in [7, 11) is 0. The number of carbonyl (C=O) groups is 3. The molecule has 0 aliphatic heterocycles. The number of benzene rings is 2. The van der Waals surface area contributed by atoms with Gasteiger partial charge in [0.2, 0.25) is 5.91 Å². The number of carboxylic acid groups (broad SMARTS) is 1. The molecule has 0 unspecified atom stereocenters. The van der Waals surface area contributed by atoms with Gasteiger partial charge >= 0.3 is 12.1 Å². The number of carbonyl (C=O) groups excluding carboxylic acids is 2. The number of alkyl carbamates (subject to hydrolysis) is 1. The summed E-state index contributed by atoms with van der Waals surface area (Å²) < 4.78 is 5.61. The zero-order chi connectivity index (χ0) is 23.2. The van der Waals surface area contributed by atoms with Crippen LogP contribution in [0.4, 0.5) is 4.79 Å². The van der Waals surface area contributed by atoms with Crippen LogP contribution in [0.2, 0.25) is 0 Å². The van der Waals surface area contributed by atoms with Crippen LogP contribution < -0.4 is 10.6 Å². The Labute approximate surface area is 192 Å². The zero-order valence-corrected chi connectivity index (χ0v) is 18.2. The Bertz CT molecular complexity index is 1070. The Morgan fingerprint density at radius 1 is 1.00 bits per heavy atom. The average Bonchev–Trinajstić information content (AvgIpc) is 3.37. The number of hydrogen-bond donors (Lipinski definition) is 3. The van der Waals surface area contributed by atoms with Gasteiger partial charge in [-0.15, -0.1) is 0 Å². The van der Waals surface area contributed by atoms with Crippen molar-refractivity contribution >= 4 is 18.0 Å². The van der Waals surface area contributed by atoms with Crippen LogP contribution in [0.25, 0.3) is 11.1 Å². The normalized spacial score (nSPS) is 18.4.